The van der Waals surface area contributed by atoms with Gasteiger partial charge in [-0.1, -0.05) is 89.9 Å². The van der Waals surface area contributed by atoms with E-state index in [1.807, 2.05) is 54.6 Å². The lowest BCUT2D eigenvalue weighted by Gasteiger charge is -2.23. The number of ketones is 1. The van der Waals surface area contributed by atoms with E-state index in [9.17, 15) is 14.7 Å². The van der Waals surface area contributed by atoms with E-state index in [2.05, 4.69) is 0 Å². The summed E-state index contributed by atoms with van der Waals surface area (Å²) >= 11 is 12.2. The van der Waals surface area contributed by atoms with E-state index in [0.717, 1.165) is 16.7 Å². The number of fused-ring (bicyclic) bond motifs is 1. The zero-order valence-electron chi connectivity index (χ0n) is 18.6. The van der Waals surface area contributed by atoms with Crippen molar-refractivity contribution in [3.63, 3.8) is 0 Å². The number of carbonyl (C=O) groups is 2. The van der Waals surface area contributed by atoms with E-state index in [-0.39, 0.29) is 18.7 Å². The van der Waals surface area contributed by atoms with Gasteiger partial charge in [0.1, 0.15) is 0 Å². The number of carbonyl (C=O) groups excluding carboxylic acids is 2. The lowest BCUT2D eigenvalue weighted by Crippen LogP contribution is -2.41. The molecule has 0 unspecified atom stereocenters. The Morgan fingerprint density at radius 1 is 0.800 bits per heavy atom. The molecule has 1 amide bonds. The molecule has 0 saturated heterocycles. The number of hydrogen-bond donors (Lipinski definition) is 1. The zero-order chi connectivity index (χ0) is 24.6. The normalized spacial score (nSPS) is 16.9. The van der Waals surface area contributed by atoms with Gasteiger partial charge in [0, 0.05) is 21.2 Å². The predicted octanol–water partition coefficient (Wildman–Crippen LogP) is 6.67. The molecule has 4 aromatic carbocycles. The zero-order valence-corrected chi connectivity index (χ0v) is 20.1. The predicted molar refractivity (Wildman–Crippen MR) is 139 cm³/mol. The van der Waals surface area contributed by atoms with Gasteiger partial charge in [0.25, 0.3) is 5.91 Å². The maximum absolute atomic E-state index is 13.5. The maximum atomic E-state index is 13.5. The van der Waals surface area contributed by atoms with Gasteiger partial charge in [-0.2, -0.15) is 0 Å². The minimum Gasteiger partial charge on any atom is -0.375 e. The number of nitrogens with zero attached hydrogens (tertiary/aromatic N) is 1. The molecule has 1 aliphatic rings. The summed E-state index contributed by atoms with van der Waals surface area (Å²) in [4.78, 5) is 28.2. The standard InChI is InChI=1S/C29H21Cl2NO3/c30-23-12-6-19(7-13-23)18-32-26-15-14-24(31)16-25(26)29(35,28(32)34)17-27(33)22-10-8-21(9-11-22)20-4-2-1-3-5-20/h1-16,35H,17-18H2/t29-/m0/s1. The second-order valence-electron chi connectivity index (χ2n) is 8.58. The molecule has 0 radical (unpaired) electrons. The van der Waals surface area contributed by atoms with Crippen molar-refractivity contribution in [3.8, 4) is 11.1 Å². The van der Waals surface area contributed by atoms with Crippen molar-refractivity contribution in [1.29, 1.82) is 0 Å². The third kappa shape index (κ3) is 4.48. The molecule has 1 heterocycles. The number of amides is 1. The van der Waals surface area contributed by atoms with Gasteiger partial charge in [0.05, 0.1) is 18.7 Å². The molecule has 0 aromatic heterocycles. The van der Waals surface area contributed by atoms with E-state index in [4.69, 9.17) is 23.2 Å². The largest absolute Gasteiger partial charge is 0.375 e. The molecular weight excluding hydrogens is 481 g/mol. The van der Waals surface area contributed by atoms with Crippen molar-refractivity contribution in [2.75, 3.05) is 4.90 Å². The van der Waals surface area contributed by atoms with Crippen LogP contribution in [0.1, 0.15) is 27.9 Å². The molecule has 4 aromatic rings. The summed E-state index contributed by atoms with van der Waals surface area (Å²) in [6.45, 7) is 0.229. The van der Waals surface area contributed by atoms with Gasteiger partial charge in [-0.25, -0.2) is 0 Å². The average molecular weight is 502 g/mol. The molecule has 174 valence electrons. The number of aliphatic hydroxyl groups is 1. The smallest absolute Gasteiger partial charge is 0.264 e. The SMILES string of the molecule is O=C(C[C@@]1(O)C(=O)N(Cc2ccc(Cl)cc2)c2ccc(Cl)cc21)c1ccc(-c2ccccc2)cc1. The van der Waals surface area contributed by atoms with Crippen LogP contribution in [0.4, 0.5) is 5.69 Å². The van der Waals surface area contributed by atoms with Gasteiger partial charge in [-0.15, -0.1) is 0 Å². The third-order valence-corrected chi connectivity index (χ3v) is 6.77. The molecule has 5 rings (SSSR count). The van der Waals surface area contributed by atoms with Crippen LogP contribution >= 0.6 is 23.2 Å². The van der Waals surface area contributed by atoms with Gasteiger partial charge in [0.2, 0.25) is 0 Å². The molecule has 4 nitrogen and oxygen atoms in total. The molecule has 0 fully saturated rings. The molecule has 1 atom stereocenters. The lowest BCUT2D eigenvalue weighted by molar-refractivity contribution is -0.136. The molecule has 6 heteroatoms. The lowest BCUT2D eigenvalue weighted by atomic mass is 9.88. The van der Waals surface area contributed by atoms with Gasteiger partial charge in [-0.3, -0.25) is 9.59 Å². The number of halogens is 2. The molecule has 0 saturated carbocycles. The van der Waals surface area contributed by atoms with E-state index in [0.29, 0.717) is 26.9 Å². The Hall–Kier alpha value is -3.44. The van der Waals surface area contributed by atoms with Crippen LogP contribution in [0.3, 0.4) is 0 Å². The van der Waals surface area contributed by atoms with E-state index < -0.39 is 11.5 Å². The highest BCUT2D eigenvalue weighted by Gasteiger charge is 2.51. The van der Waals surface area contributed by atoms with Crippen molar-refractivity contribution >= 4 is 40.6 Å². The van der Waals surface area contributed by atoms with Crippen molar-refractivity contribution < 1.29 is 14.7 Å². The fourth-order valence-electron chi connectivity index (χ4n) is 4.44. The topological polar surface area (TPSA) is 57.6 Å². The summed E-state index contributed by atoms with van der Waals surface area (Å²) in [6, 6.07) is 29.1. The summed E-state index contributed by atoms with van der Waals surface area (Å²) in [5, 5.41) is 12.6. The average Bonchev–Trinajstić information content (AvgIpc) is 3.07. The Balaban J connectivity index is 1.43. The summed E-state index contributed by atoms with van der Waals surface area (Å²) in [7, 11) is 0. The number of Topliss-reactive ketones (excluding diaryl/α,β-unsaturated/α-hetero) is 1. The number of benzene rings is 4. The summed E-state index contributed by atoms with van der Waals surface area (Å²) in [6.07, 6.45) is -0.388. The molecule has 1 aliphatic heterocycles. The Bertz CT molecular complexity index is 1400. The van der Waals surface area contributed by atoms with Gasteiger partial charge >= 0.3 is 0 Å². The number of anilines is 1. The quantitative estimate of drug-likeness (QED) is 0.300. The number of rotatable bonds is 6. The molecule has 0 bridgehead atoms. The van der Waals surface area contributed by atoms with Crippen molar-refractivity contribution in [1.82, 2.24) is 0 Å². The fourth-order valence-corrected chi connectivity index (χ4v) is 4.73. The van der Waals surface area contributed by atoms with Gasteiger partial charge in [0.15, 0.2) is 11.4 Å². The van der Waals surface area contributed by atoms with Crippen molar-refractivity contribution in [2.45, 2.75) is 18.6 Å². The Morgan fingerprint density at radius 2 is 1.43 bits per heavy atom. The number of hydrogen-bond acceptors (Lipinski definition) is 3. The Labute approximate surface area is 213 Å². The minimum atomic E-state index is -2.01. The highest BCUT2D eigenvalue weighted by atomic mass is 35.5. The summed E-state index contributed by atoms with van der Waals surface area (Å²) in [5.74, 6) is -0.890. The van der Waals surface area contributed by atoms with E-state index >= 15 is 0 Å². The van der Waals surface area contributed by atoms with E-state index in [1.165, 1.54) is 4.90 Å². The first-order chi connectivity index (χ1) is 16.8. The van der Waals surface area contributed by atoms with Crippen molar-refractivity contribution in [2.24, 2.45) is 0 Å². The fraction of sp³-hybridized carbons (Fsp3) is 0.103. The highest BCUT2D eigenvalue weighted by molar-refractivity contribution is 6.31. The molecular formula is C29H21Cl2NO3. The van der Waals surface area contributed by atoms with Crippen LogP contribution in [0, 0.1) is 0 Å². The van der Waals surface area contributed by atoms with Gasteiger partial charge < -0.3 is 10.0 Å². The van der Waals surface area contributed by atoms with Crippen LogP contribution in [0.2, 0.25) is 10.0 Å². The Kier molecular flexibility index (Phi) is 6.20. The van der Waals surface area contributed by atoms with Crippen LogP contribution in [0.25, 0.3) is 11.1 Å². The highest BCUT2D eigenvalue weighted by Crippen LogP contribution is 2.44. The van der Waals surface area contributed by atoms with Crippen LogP contribution in [0.5, 0.6) is 0 Å². The summed E-state index contributed by atoms with van der Waals surface area (Å²) in [5.41, 5.74) is 2.13. The molecule has 35 heavy (non-hydrogen) atoms. The van der Waals surface area contributed by atoms with Crippen molar-refractivity contribution in [3.05, 3.63) is 124 Å². The molecule has 1 N–H and O–H groups in total. The molecule has 0 aliphatic carbocycles. The monoisotopic (exact) mass is 501 g/mol. The van der Waals surface area contributed by atoms with E-state index in [1.54, 1.807) is 42.5 Å². The van der Waals surface area contributed by atoms with Crippen LogP contribution < -0.4 is 4.90 Å². The van der Waals surface area contributed by atoms with Crippen LogP contribution in [-0.4, -0.2) is 16.8 Å². The summed E-state index contributed by atoms with van der Waals surface area (Å²) < 4.78 is 0. The second kappa shape index (κ2) is 9.31. The van der Waals surface area contributed by atoms with Gasteiger partial charge in [-0.05, 0) is 47.0 Å². The Morgan fingerprint density at radius 3 is 2.11 bits per heavy atom. The van der Waals surface area contributed by atoms with Crippen LogP contribution in [-0.2, 0) is 16.9 Å². The minimum absolute atomic E-state index is 0.229. The van der Waals surface area contributed by atoms with Crippen LogP contribution in [0.15, 0.2) is 97.1 Å². The second-order valence-corrected chi connectivity index (χ2v) is 9.46. The molecule has 0 spiro atoms. The third-order valence-electron chi connectivity index (χ3n) is 6.28. The first-order valence-electron chi connectivity index (χ1n) is 11.1. The maximum Gasteiger partial charge on any atom is 0.264 e. The first-order valence-corrected chi connectivity index (χ1v) is 11.9. The first kappa shape index (κ1) is 23.3.